The van der Waals surface area contributed by atoms with Gasteiger partial charge in [0.1, 0.15) is 18.1 Å². The van der Waals surface area contributed by atoms with E-state index in [2.05, 4.69) is 28.8 Å². The molecular weight excluding hydrogens is 218 g/mol. The molecule has 2 aromatic heterocycles. The molecule has 3 heterocycles. The number of ether oxygens (including phenoxy) is 1. The van der Waals surface area contributed by atoms with Gasteiger partial charge in [-0.1, -0.05) is 6.92 Å². The van der Waals surface area contributed by atoms with E-state index in [9.17, 15) is 0 Å². The minimum absolute atomic E-state index is 0.00991. The highest BCUT2D eigenvalue weighted by Crippen LogP contribution is 2.35. The van der Waals surface area contributed by atoms with Crippen molar-refractivity contribution in [2.75, 3.05) is 5.73 Å². The molecule has 3 atom stereocenters. The Hall–Kier alpha value is -1.69. The Balaban J connectivity index is 2.09. The number of imidazole rings is 1. The van der Waals surface area contributed by atoms with Gasteiger partial charge in [0.15, 0.2) is 11.5 Å². The summed E-state index contributed by atoms with van der Waals surface area (Å²) in [7, 11) is 0. The number of rotatable bonds is 1. The summed E-state index contributed by atoms with van der Waals surface area (Å²) in [5, 5.41) is 0. The van der Waals surface area contributed by atoms with Gasteiger partial charge in [-0.15, -0.1) is 0 Å². The maximum absolute atomic E-state index is 5.89. The second-order valence-corrected chi connectivity index (χ2v) is 4.63. The first-order valence-electron chi connectivity index (χ1n) is 5.75. The van der Waals surface area contributed by atoms with Crippen LogP contribution < -0.4 is 5.73 Å². The number of nitrogens with zero attached hydrogens (tertiary/aromatic N) is 4. The number of fused-ring (bicyclic) bond motifs is 1. The molecule has 2 unspecified atom stereocenters. The summed E-state index contributed by atoms with van der Waals surface area (Å²) < 4.78 is 7.83. The summed E-state index contributed by atoms with van der Waals surface area (Å²) in [6.07, 6.45) is 4.49. The fraction of sp³-hybridized carbons (Fsp3) is 0.545. The molecule has 0 aliphatic carbocycles. The van der Waals surface area contributed by atoms with Crippen molar-refractivity contribution in [1.29, 1.82) is 0 Å². The molecule has 0 saturated carbocycles. The maximum atomic E-state index is 5.89. The van der Waals surface area contributed by atoms with Crippen molar-refractivity contribution < 1.29 is 4.74 Å². The molecule has 6 heteroatoms. The highest BCUT2D eigenvalue weighted by Gasteiger charge is 2.32. The number of anilines is 1. The lowest BCUT2D eigenvalue weighted by Gasteiger charge is -2.16. The molecule has 2 aromatic rings. The van der Waals surface area contributed by atoms with E-state index in [1.807, 2.05) is 4.57 Å². The Morgan fingerprint density at radius 2 is 2.18 bits per heavy atom. The summed E-state index contributed by atoms with van der Waals surface area (Å²) >= 11 is 0. The summed E-state index contributed by atoms with van der Waals surface area (Å²) in [4.78, 5) is 12.4. The molecule has 0 amide bonds. The van der Waals surface area contributed by atoms with Crippen molar-refractivity contribution >= 4 is 17.0 Å². The molecular formula is C11H15N5O. The van der Waals surface area contributed by atoms with E-state index in [-0.39, 0.29) is 12.3 Å². The standard InChI is InChI=1S/C11H15N5O/c1-6-3-7(2)17-11(6)16-5-15-8-9(12)13-4-14-10(8)16/h4-7,11H,3H2,1-2H3,(H2,12,13,14)/t6?,7-,11?/m1/s1. The van der Waals surface area contributed by atoms with E-state index >= 15 is 0 Å². The molecule has 0 bridgehead atoms. The van der Waals surface area contributed by atoms with Crippen molar-refractivity contribution in [2.45, 2.75) is 32.6 Å². The Morgan fingerprint density at radius 1 is 1.35 bits per heavy atom. The lowest BCUT2D eigenvalue weighted by atomic mass is 10.1. The van der Waals surface area contributed by atoms with Gasteiger partial charge >= 0.3 is 0 Å². The summed E-state index contributed by atoms with van der Waals surface area (Å²) in [5.41, 5.74) is 7.14. The first-order chi connectivity index (χ1) is 8.16. The molecule has 3 rings (SSSR count). The van der Waals surface area contributed by atoms with E-state index in [0.717, 1.165) is 12.1 Å². The van der Waals surface area contributed by atoms with Gasteiger partial charge < -0.3 is 10.5 Å². The van der Waals surface area contributed by atoms with Crippen LogP contribution in [0.2, 0.25) is 0 Å². The summed E-state index contributed by atoms with van der Waals surface area (Å²) in [5.74, 6) is 0.853. The second-order valence-electron chi connectivity index (χ2n) is 4.63. The molecule has 0 spiro atoms. The molecule has 0 aromatic carbocycles. The monoisotopic (exact) mass is 233 g/mol. The van der Waals surface area contributed by atoms with Gasteiger partial charge in [-0.2, -0.15) is 0 Å². The Morgan fingerprint density at radius 3 is 2.88 bits per heavy atom. The average molecular weight is 233 g/mol. The topological polar surface area (TPSA) is 78.9 Å². The van der Waals surface area contributed by atoms with Gasteiger partial charge in [-0.3, -0.25) is 4.57 Å². The van der Waals surface area contributed by atoms with Gasteiger partial charge in [0.2, 0.25) is 0 Å². The highest BCUT2D eigenvalue weighted by molar-refractivity contribution is 5.81. The molecule has 2 N–H and O–H groups in total. The van der Waals surface area contributed by atoms with Crippen molar-refractivity contribution in [1.82, 2.24) is 19.5 Å². The van der Waals surface area contributed by atoms with E-state index in [1.54, 1.807) is 6.33 Å². The molecule has 1 aliphatic heterocycles. The van der Waals surface area contributed by atoms with Gasteiger partial charge in [-0.05, 0) is 13.3 Å². The van der Waals surface area contributed by atoms with Crippen LogP contribution in [0.4, 0.5) is 5.82 Å². The van der Waals surface area contributed by atoms with Crippen LogP contribution in [0, 0.1) is 5.92 Å². The first kappa shape index (κ1) is 10.5. The van der Waals surface area contributed by atoms with Crippen molar-refractivity contribution in [3.05, 3.63) is 12.7 Å². The normalized spacial score (nSPS) is 28.9. The highest BCUT2D eigenvalue weighted by atomic mass is 16.5. The van der Waals surface area contributed by atoms with Crippen LogP contribution in [-0.4, -0.2) is 25.6 Å². The summed E-state index contributed by atoms with van der Waals surface area (Å²) in [6.45, 7) is 4.25. The van der Waals surface area contributed by atoms with Gasteiger partial charge in [-0.25, -0.2) is 15.0 Å². The fourth-order valence-electron chi connectivity index (χ4n) is 2.46. The van der Waals surface area contributed by atoms with E-state index in [0.29, 0.717) is 17.3 Å². The van der Waals surface area contributed by atoms with Crippen LogP contribution in [0.3, 0.4) is 0 Å². The molecule has 17 heavy (non-hydrogen) atoms. The lowest BCUT2D eigenvalue weighted by Crippen LogP contribution is -2.13. The van der Waals surface area contributed by atoms with Gasteiger partial charge in [0.05, 0.1) is 12.4 Å². The SMILES string of the molecule is CC1C[C@@H](C)OC1n1cnc2c(N)ncnc21. The molecule has 90 valence electrons. The Labute approximate surface area is 98.8 Å². The minimum atomic E-state index is -0.00991. The van der Waals surface area contributed by atoms with Crippen molar-refractivity contribution in [2.24, 2.45) is 5.92 Å². The zero-order valence-corrected chi connectivity index (χ0v) is 9.87. The largest absolute Gasteiger partial charge is 0.382 e. The number of nitrogen functional groups attached to an aromatic ring is 1. The predicted octanol–water partition coefficient (Wildman–Crippen LogP) is 1.35. The third kappa shape index (κ3) is 1.56. The van der Waals surface area contributed by atoms with E-state index in [1.165, 1.54) is 6.33 Å². The Kier molecular flexibility index (Phi) is 2.25. The number of hydrogen-bond acceptors (Lipinski definition) is 5. The zero-order valence-electron chi connectivity index (χ0n) is 9.87. The first-order valence-corrected chi connectivity index (χ1v) is 5.75. The maximum Gasteiger partial charge on any atom is 0.167 e. The van der Waals surface area contributed by atoms with Crippen LogP contribution in [0.15, 0.2) is 12.7 Å². The van der Waals surface area contributed by atoms with Crippen molar-refractivity contribution in [3.63, 3.8) is 0 Å². The van der Waals surface area contributed by atoms with Crippen LogP contribution in [0.1, 0.15) is 26.5 Å². The quantitative estimate of drug-likeness (QED) is 0.804. The van der Waals surface area contributed by atoms with Crippen LogP contribution in [0.5, 0.6) is 0 Å². The van der Waals surface area contributed by atoms with E-state index < -0.39 is 0 Å². The lowest BCUT2D eigenvalue weighted by molar-refractivity contribution is -0.000104. The van der Waals surface area contributed by atoms with Crippen LogP contribution in [-0.2, 0) is 4.74 Å². The third-order valence-corrected chi connectivity index (χ3v) is 3.22. The molecule has 1 saturated heterocycles. The average Bonchev–Trinajstić information content (AvgIpc) is 2.83. The van der Waals surface area contributed by atoms with E-state index in [4.69, 9.17) is 10.5 Å². The van der Waals surface area contributed by atoms with Gasteiger partial charge in [0, 0.05) is 5.92 Å². The predicted molar refractivity (Wildman–Crippen MR) is 63.1 cm³/mol. The second kappa shape index (κ2) is 3.66. The molecule has 6 nitrogen and oxygen atoms in total. The fourth-order valence-corrected chi connectivity index (χ4v) is 2.46. The van der Waals surface area contributed by atoms with Crippen LogP contribution in [0.25, 0.3) is 11.2 Å². The zero-order chi connectivity index (χ0) is 12.0. The molecule has 0 radical (unpaired) electrons. The smallest absolute Gasteiger partial charge is 0.167 e. The van der Waals surface area contributed by atoms with Gasteiger partial charge in [0.25, 0.3) is 0 Å². The summed E-state index contributed by atoms with van der Waals surface area (Å²) in [6, 6.07) is 0. The van der Waals surface area contributed by atoms with Crippen molar-refractivity contribution in [3.8, 4) is 0 Å². The number of hydrogen-bond donors (Lipinski definition) is 1. The number of aromatic nitrogens is 4. The number of nitrogens with two attached hydrogens (primary N) is 1. The minimum Gasteiger partial charge on any atom is -0.382 e. The molecule has 1 aliphatic rings. The van der Waals surface area contributed by atoms with Crippen LogP contribution >= 0.6 is 0 Å². The third-order valence-electron chi connectivity index (χ3n) is 3.22. The molecule has 1 fully saturated rings. The Bertz CT molecular complexity index is 552.